The Bertz CT molecular complexity index is 581. The molecule has 1 aliphatic rings. The van der Waals surface area contributed by atoms with Gasteiger partial charge in [-0.1, -0.05) is 0 Å². The van der Waals surface area contributed by atoms with E-state index < -0.39 is 40.4 Å². The van der Waals surface area contributed by atoms with Gasteiger partial charge in [0, 0.05) is 0 Å². The van der Waals surface area contributed by atoms with Gasteiger partial charge in [0.05, 0.1) is 18.0 Å². The second-order valence-electron chi connectivity index (χ2n) is 5.40. The van der Waals surface area contributed by atoms with Crippen molar-refractivity contribution in [2.45, 2.75) is 55.0 Å². The lowest BCUT2D eigenvalue weighted by atomic mass is 9.94. The standard InChI is InChI=1S/C13H20O6S2/c1-7-5-10(20-6-7)21(17,18)4-3-9-12(15)13(16)11(14)8(2)19-9/h5-6,8-9,11-16H,3-4H2,1-2H3/t8?,9-,11-,12?,13+/m1/s1. The summed E-state index contributed by atoms with van der Waals surface area (Å²) >= 11 is 1.16. The van der Waals surface area contributed by atoms with Crippen molar-refractivity contribution in [2.24, 2.45) is 0 Å². The third-order valence-corrected chi connectivity index (χ3v) is 7.03. The van der Waals surface area contributed by atoms with Gasteiger partial charge in [-0.05, 0) is 37.3 Å². The van der Waals surface area contributed by atoms with Crippen LogP contribution in [0.1, 0.15) is 18.9 Å². The highest BCUT2D eigenvalue weighted by atomic mass is 32.2. The van der Waals surface area contributed by atoms with E-state index in [0.717, 1.165) is 16.9 Å². The third-order valence-electron chi connectivity index (χ3n) is 3.64. The molecule has 2 heterocycles. The first kappa shape index (κ1) is 16.9. The molecule has 1 aromatic heterocycles. The Morgan fingerprint density at radius 1 is 1.24 bits per heavy atom. The second-order valence-corrected chi connectivity index (χ2v) is 8.65. The van der Waals surface area contributed by atoms with Crippen molar-refractivity contribution >= 4 is 21.2 Å². The maximum atomic E-state index is 12.2. The van der Waals surface area contributed by atoms with Crippen molar-refractivity contribution in [3.8, 4) is 0 Å². The van der Waals surface area contributed by atoms with Crippen LogP contribution < -0.4 is 0 Å². The maximum Gasteiger partial charge on any atom is 0.187 e. The summed E-state index contributed by atoms with van der Waals surface area (Å²) in [7, 11) is -3.43. The first-order chi connectivity index (χ1) is 9.72. The van der Waals surface area contributed by atoms with Crippen LogP contribution in [0.2, 0.25) is 0 Å². The lowest BCUT2D eigenvalue weighted by Crippen LogP contribution is -2.56. The zero-order valence-corrected chi connectivity index (χ0v) is 13.5. The Morgan fingerprint density at radius 2 is 1.90 bits per heavy atom. The first-order valence-electron chi connectivity index (χ1n) is 6.70. The Morgan fingerprint density at radius 3 is 2.48 bits per heavy atom. The molecule has 0 saturated carbocycles. The summed E-state index contributed by atoms with van der Waals surface area (Å²) in [6, 6.07) is 1.61. The normalized spacial score (nSPS) is 34.0. The van der Waals surface area contributed by atoms with E-state index >= 15 is 0 Å². The van der Waals surface area contributed by atoms with Crippen molar-refractivity contribution < 1.29 is 28.5 Å². The van der Waals surface area contributed by atoms with Gasteiger partial charge in [-0.3, -0.25) is 0 Å². The van der Waals surface area contributed by atoms with Gasteiger partial charge >= 0.3 is 0 Å². The van der Waals surface area contributed by atoms with Crippen LogP contribution in [0.25, 0.3) is 0 Å². The van der Waals surface area contributed by atoms with E-state index in [1.54, 1.807) is 18.4 Å². The van der Waals surface area contributed by atoms with Crippen LogP contribution in [0.15, 0.2) is 15.7 Å². The summed E-state index contributed by atoms with van der Waals surface area (Å²) < 4.78 is 30.1. The van der Waals surface area contributed by atoms with Gasteiger partial charge in [-0.15, -0.1) is 11.3 Å². The Kier molecular flexibility index (Phi) is 5.07. The summed E-state index contributed by atoms with van der Waals surface area (Å²) in [5.41, 5.74) is 0.889. The zero-order chi connectivity index (χ0) is 15.8. The van der Waals surface area contributed by atoms with Crippen molar-refractivity contribution in [1.29, 1.82) is 0 Å². The highest BCUT2D eigenvalue weighted by Gasteiger charge is 2.41. The van der Waals surface area contributed by atoms with Crippen LogP contribution in [0.5, 0.6) is 0 Å². The molecule has 0 amide bonds. The molecule has 5 atom stereocenters. The minimum atomic E-state index is -3.43. The monoisotopic (exact) mass is 336 g/mol. The summed E-state index contributed by atoms with van der Waals surface area (Å²) in [4.78, 5) is 0. The first-order valence-corrected chi connectivity index (χ1v) is 9.23. The summed E-state index contributed by atoms with van der Waals surface area (Å²) in [6.07, 6.45) is -5.20. The van der Waals surface area contributed by atoms with E-state index in [0.29, 0.717) is 4.21 Å². The molecular formula is C13H20O6S2. The maximum absolute atomic E-state index is 12.2. The predicted molar refractivity (Wildman–Crippen MR) is 78.1 cm³/mol. The Balaban J connectivity index is 2.02. The minimum Gasteiger partial charge on any atom is -0.388 e. The molecule has 1 saturated heterocycles. The van der Waals surface area contributed by atoms with E-state index in [4.69, 9.17) is 4.74 Å². The van der Waals surface area contributed by atoms with Crippen LogP contribution in [-0.4, -0.2) is 60.0 Å². The predicted octanol–water partition coefficient (Wildman–Crippen LogP) is 0.0903. The quantitative estimate of drug-likeness (QED) is 0.720. The number of thiophene rings is 1. The topological polar surface area (TPSA) is 104 Å². The van der Waals surface area contributed by atoms with Gasteiger partial charge in [-0.25, -0.2) is 8.42 Å². The molecule has 21 heavy (non-hydrogen) atoms. The second kappa shape index (κ2) is 6.31. The molecule has 1 aromatic rings. The van der Waals surface area contributed by atoms with Gasteiger partial charge in [0.15, 0.2) is 9.84 Å². The number of aliphatic hydroxyl groups excluding tert-OH is 3. The summed E-state index contributed by atoms with van der Waals surface area (Å²) in [5, 5.41) is 30.9. The Labute approximate surface area is 127 Å². The average molecular weight is 336 g/mol. The molecule has 0 aromatic carbocycles. The van der Waals surface area contributed by atoms with Crippen molar-refractivity contribution in [2.75, 3.05) is 5.75 Å². The molecule has 1 fully saturated rings. The average Bonchev–Trinajstić information content (AvgIpc) is 2.86. The van der Waals surface area contributed by atoms with Crippen LogP contribution >= 0.6 is 11.3 Å². The van der Waals surface area contributed by atoms with Gasteiger partial charge in [0.1, 0.15) is 22.5 Å². The van der Waals surface area contributed by atoms with E-state index in [-0.39, 0.29) is 12.2 Å². The number of aryl methyl sites for hydroxylation is 1. The number of aliphatic hydroxyl groups is 3. The summed E-state index contributed by atoms with van der Waals surface area (Å²) in [6.45, 7) is 3.40. The number of rotatable bonds is 4. The fraction of sp³-hybridized carbons (Fsp3) is 0.692. The fourth-order valence-electron chi connectivity index (χ4n) is 2.32. The SMILES string of the molecule is Cc1csc(S(=O)(=O)CC[C@H]2OC(C)[C@@H](O)[C@H](O)C2O)c1. The van der Waals surface area contributed by atoms with Crippen LogP contribution in [0.3, 0.4) is 0 Å². The number of sulfone groups is 1. The molecule has 3 N–H and O–H groups in total. The number of hydrogen-bond donors (Lipinski definition) is 3. The molecule has 8 heteroatoms. The lowest BCUT2D eigenvalue weighted by Gasteiger charge is -2.39. The Hall–Kier alpha value is -0.510. The molecule has 120 valence electrons. The highest BCUT2D eigenvalue weighted by molar-refractivity contribution is 7.93. The molecule has 6 nitrogen and oxygen atoms in total. The van der Waals surface area contributed by atoms with Crippen LogP contribution in [-0.2, 0) is 14.6 Å². The van der Waals surface area contributed by atoms with Gasteiger partial charge in [0.25, 0.3) is 0 Å². The van der Waals surface area contributed by atoms with Gasteiger partial charge < -0.3 is 20.1 Å². The fourth-order valence-corrected chi connectivity index (χ4v) is 5.03. The van der Waals surface area contributed by atoms with Crippen molar-refractivity contribution in [3.05, 3.63) is 17.0 Å². The largest absolute Gasteiger partial charge is 0.388 e. The number of hydrogen-bond acceptors (Lipinski definition) is 7. The van der Waals surface area contributed by atoms with E-state index in [9.17, 15) is 23.7 Å². The third kappa shape index (κ3) is 3.64. The van der Waals surface area contributed by atoms with E-state index in [1.807, 2.05) is 6.92 Å². The van der Waals surface area contributed by atoms with Crippen molar-refractivity contribution in [3.63, 3.8) is 0 Å². The number of ether oxygens (including phenoxy) is 1. The molecule has 0 aliphatic carbocycles. The van der Waals surface area contributed by atoms with E-state index in [1.165, 1.54) is 0 Å². The summed E-state index contributed by atoms with van der Waals surface area (Å²) in [5.74, 6) is -0.176. The van der Waals surface area contributed by atoms with Crippen LogP contribution in [0, 0.1) is 6.92 Å². The zero-order valence-electron chi connectivity index (χ0n) is 11.8. The molecule has 0 bridgehead atoms. The molecule has 1 aliphatic heterocycles. The molecule has 0 radical (unpaired) electrons. The highest BCUT2D eigenvalue weighted by Crippen LogP contribution is 2.26. The van der Waals surface area contributed by atoms with Gasteiger partial charge in [-0.2, -0.15) is 0 Å². The smallest absolute Gasteiger partial charge is 0.187 e. The van der Waals surface area contributed by atoms with Crippen LogP contribution in [0.4, 0.5) is 0 Å². The van der Waals surface area contributed by atoms with Gasteiger partial charge in [0.2, 0.25) is 0 Å². The molecule has 2 rings (SSSR count). The lowest BCUT2D eigenvalue weighted by molar-refractivity contribution is -0.217. The molecule has 0 spiro atoms. The molecule has 2 unspecified atom stereocenters. The van der Waals surface area contributed by atoms with Crippen molar-refractivity contribution in [1.82, 2.24) is 0 Å². The molecular weight excluding hydrogens is 316 g/mol. The minimum absolute atomic E-state index is 0.0641. The van der Waals surface area contributed by atoms with E-state index in [2.05, 4.69) is 0 Å².